The van der Waals surface area contributed by atoms with E-state index in [2.05, 4.69) is 25.5 Å². The molecule has 2 N–H and O–H groups in total. The highest BCUT2D eigenvalue weighted by atomic mass is 19.1. The largest absolute Gasteiger partial charge is 0.489 e. The number of anilines is 1. The van der Waals surface area contributed by atoms with Crippen LogP contribution in [0, 0.1) is 17.5 Å². The van der Waals surface area contributed by atoms with E-state index in [9.17, 15) is 22.8 Å². The maximum absolute atomic E-state index is 13.9. The number of ether oxygens (including phenoxy) is 1. The van der Waals surface area contributed by atoms with Crippen LogP contribution < -0.4 is 15.0 Å². The number of fused-ring (bicyclic) bond motifs is 2. The summed E-state index contributed by atoms with van der Waals surface area (Å²) in [5.74, 6) is -4.50. The molecule has 5 rings (SSSR count). The summed E-state index contributed by atoms with van der Waals surface area (Å²) in [5.41, 5.74) is 1.02. The van der Waals surface area contributed by atoms with Crippen LogP contribution in [0.1, 0.15) is 29.4 Å². The van der Waals surface area contributed by atoms with Crippen molar-refractivity contribution in [3.63, 3.8) is 0 Å². The minimum Gasteiger partial charge on any atom is -0.489 e. The minimum absolute atomic E-state index is 0. The Hall–Kier alpha value is -4.42. The number of halogens is 3. The number of carbonyl (C=O) groups excluding carboxylic acids is 2. The van der Waals surface area contributed by atoms with Crippen molar-refractivity contribution < 1.29 is 31.9 Å². The second-order valence-corrected chi connectivity index (χ2v) is 7.50. The van der Waals surface area contributed by atoms with E-state index in [0.29, 0.717) is 34.7 Å². The lowest BCUT2D eigenvalue weighted by atomic mass is 10.1. The number of hydrogen-bond acceptors (Lipinski definition) is 7. The van der Waals surface area contributed by atoms with Gasteiger partial charge in [-0.1, -0.05) is 7.43 Å². The van der Waals surface area contributed by atoms with Crippen molar-refractivity contribution in [2.24, 2.45) is 0 Å². The van der Waals surface area contributed by atoms with Gasteiger partial charge >= 0.3 is 0 Å². The lowest BCUT2D eigenvalue weighted by Gasteiger charge is -2.19. The highest BCUT2D eigenvalue weighted by Gasteiger charge is 2.32. The van der Waals surface area contributed by atoms with Crippen LogP contribution in [-0.2, 0) is 11.2 Å². The van der Waals surface area contributed by atoms with Crippen LogP contribution in [0.5, 0.6) is 5.75 Å². The second-order valence-electron chi connectivity index (χ2n) is 7.50. The normalized spacial score (nSPS) is 15.3. The molecule has 0 radical (unpaired) electrons. The zero-order valence-electron chi connectivity index (χ0n) is 17.4. The summed E-state index contributed by atoms with van der Waals surface area (Å²) in [7, 11) is 1.52. The number of carbonyl (C=O) groups is 2. The van der Waals surface area contributed by atoms with Gasteiger partial charge in [-0.05, 0) is 0 Å². The molecular weight excluding hydrogens is 469 g/mol. The van der Waals surface area contributed by atoms with Gasteiger partial charge in [0.25, 0.3) is 11.8 Å². The first-order valence-corrected chi connectivity index (χ1v) is 9.93. The molecule has 2 aromatic heterocycles. The predicted octanol–water partition coefficient (Wildman–Crippen LogP) is 2.74. The highest BCUT2D eigenvalue weighted by molar-refractivity contribution is 6.03. The number of nitrogens with zero attached hydrogens (tertiary/aromatic N) is 4. The Balaban J connectivity index is 0.00000289. The molecule has 2 amide bonds. The van der Waals surface area contributed by atoms with Crippen molar-refractivity contribution in [3.05, 3.63) is 65.3 Å². The molecule has 0 spiro atoms. The third-order valence-electron chi connectivity index (χ3n) is 5.30. The fraction of sp³-hybridized carbons (Fsp3) is 0.227. The average Bonchev–Trinajstić information content (AvgIpc) is 3.44. The van der Waals surface area contributed by atoms with Crippen molar-refractivity contribution in [1.82, 2.24) is 25.5 Å². The molecule has 1 aliphatic heterocycles. The summed E-state index contributed by atoms with van der Waals surface area (Å²) in [6.07, 6.45) is 0.885. The fourth-order valence-electron chi connectivity index (χ4n) is 3.56. The number of rotatable bonds is 4. The van der Waals surface area contributed by atoms with Gasteiger partial charge in [-0.3, -0.25) is 14.7 Å². The number of aromatic amines is 1. The summed E-state index contributed by atoms with van der Waals surface area (Å²) in [4.78, 5) is 34.8. The summed E-state index contributed by atoms with van der Waals surface area (Å²) in [5, 5.41) is 8.64. The number of oxazole rings is 1. The van der Waals surface area contributed by atoms with Gasteiger partial charge in [0.05, 0.1) is 5.69 Å². The molecular formula is C22H19F3N6O4. The second kappa shape index (κ2) is 9.08. The predicted molar refractivity (Wildman–Crippen MR) is 116 cm³/mol. The van der Waals surface area contributed by atoms with E-state index >= 15 is 0 Å². The molecule has 10 nitrogen and oxygen atoms in total. The standard InChI is InChI=1S/C21H15F3N6O4.CH4/c1-30-15-6-16-13(25-8-34-16)5-17(15)33-7-14(21(30)32)26-20(31)19-27-18(28-29-19)4-10-11(23)2-9(22)3-12(10)24;/h2-3,5-6,8,14H,4,7H2,1H3,(H,26,31)(H,27,28,29);1H4/t14-;/m0./s1. The van der Waals surface area contributed by atoms with Crippen LogP contribution in [-0.4, -0.2) is 51.7 Å². The smallest absolute Gasteiger partial charge is 0.291 e. The van der Waals surface area contributed by atoms with Gasteiger partial charge in [0.1, 0.15) is 47.2 Å². The molecule has 0 aliphatic carbocycles. The molecule has 0 fully saturated rings. The maximum Gasteiger partial charge on any atom is 0.291 e. The lowest BCUT2D eigenvalue weighted by molar-refractivity contribution is -0.120. The van der Waals surface area contributed by atoms with Crippen molar-refractivity contribution in [2.45, 2.75) is 19.9 Å². The first kappa shape index (κ1) is 23.7. The van der Waals surface area contributed by atoms with Gasteiger partial charge in [0.15, 0.2) is 12.0 Å². The Morgan fingerprint density at radius 2 is 1.97 bits per heavy atom. The minimum atomic E-state index is -1.09. The first-order chi connectivity index (χ1) is 16.3. The zero-order valence-corrected chi connectivity index (χ0v) is 17.4. The van der Waals surface area contributed by atoms with Crippen LogP contribution >= 0.6 is 0 Å². The monoisotopic (exact) mass is 488 g/mol. The number of amides is 2. The van der Waals surface area contributed by atoms with Gasteiger partial charge in [-0.25, -0.2) is 23.1 Å². The molecule has 0 bridgehead atoms. The van der Waals surface area contributed by atoms with E-state index in [1.807, 2.05) is 0 Å². The number of benzene rings is 2. The third-order valence-corrected chi connectivity index (χ3v) is 5.30. The number of hydrogen-bond donors (Lipinski definition) is 2. The molecule has 182 valence electrons. The molecule has 0 saturated carbocycles. The number of H-pyrrole nitrogens is 1. The molecule has 4 aromatic rings. The molecule has 1 aliphatic rings. The number of likely N-dealkylation sites (N-methyl/N-ethyl adjacent to an activating group) is 1. The quantitative estimate of drug-likeness (QED) is 0.452. The summed E-state index contributed by atoms with van der Waals surface area (Å²) in [6, 6.07) is 3.24. The summed E-state index contributed by atoms with van der Waals surface area (Å²) < 4.78 is 51.8. The Kier molecular flexibility index (Phi) is 6.16. The van der Waals surface area contributed by atoms with Gasteiger partial charge in [-0.2, -0.15) is 0 Å². The van der Waals surface area contributed by atoms with E-state index in [1.165, 1.54) is 18.3 Å². The fourth-order valence-corrected chi connectivity index (χ4v) is 3.56. The van der Waals surface area contributed by atoms with Crippen LogP contribution in [0.4, 0.5) is 18.9 Å². The van der Waals surface area contributed by atoms with Crippen molar-refractivity contribution >= 4 is 28.6 Å². The Morgan fingerprint density at radius 3 is 2.71 bits per heavy atom. The average molecular weight is 488 g/mol. The van der Waals surface area contributed by atoms with E-state index in [4.69, 9.17) is 9.15 Å². The molecule has 35 heavy (non-hydrogen) atoms. The number of nitrogens with one attached hydrogen (secondary N) is 2. The highest BCUT2D eigenvalue weighted by Crippen LogP contribution is 2.34. The molecule has 13 heteroatoms. The maximum atomic E-state index is 13.9. The van der Waals surface area contributed by atoms with E-state index < -0.39 is 47.3 Å². The van der Waals surface area contributed by atoms with Crippen LogP contribution in [0.15, 0.2) is 35.1 Å². The van der Waals surface area contributed by atoms with Crippen molar-refractivity contribution in [3.8, 4) is 5.75 Å². The van der Waals surface area contributed by atoms with Crippen molar-refractivity contribution in [1.29, 1.82) is 0 Å². The van der Waals surface area contributed by atoms with Crippen LogP contribution in [0.25, 0.3) is 11.1 Å². The Bertz CT molecular complexity index is 1410. The topological polar surface area (TPSA) is 126 Å². The van der Waals surface area contributed by atoms with Crippen LogP contribution in [0.3, 0.4) is 0 Å². The van der Waals surface area contributed by atoms with Gasteiger partial charge in [0.2, 0.25) is 5.82 Å². The van der Waals surface area contributed by atoms with E-state index in [-0.39, 0.29) is 25.7 Å². The summed E-state index contributed by atoms with van der Waals surface area (Å²) in [6.45, 7) is -0.172. The lowest BCUT2D eigenvalue weighted by Crippen LogP contribution is -2.49. The number of aromatic nitrogens is 4. The van der Waals surface area contributed by atoms with Gasteiger partial charge < -0.3 is 19.4 Å². The van der Waals surface area contributed by atoms with Gasteiger partial charge in [0, 0.05) is 43.3 Å². The zero-order chi connectivity index (χ0) is 24.0. The third kappa shape index (κ3) is 4.39. The van der Waals surface area contributed by atoms with E-state index in [0.717, 1.165) is 0 Å². The molecule has 0 unspecified atom stereocenters. The molecule has 3 heterocycles. The molecule has 2 aromatic carbocycles. The Morgan fingerprint density at radius 1 is 1.23 bits per heavy atom. The molecule has 0 saturated heterocycles. The van der Waals surface area contributed by atoms with Crippen LogP contribution in [0.2, 0.25) is 0 Å². The molecule has 1 atom stereocenters. The Labute approximate surface area is 196 Å². The first-order valence-electron chi connectivity index (χ1n) is 9.93. The van der Waals surface area contributed by atoms with E-state index in [1.54, 1.807) is 12.1 Å². The summed E-state index contributed by atoms with van der Waals surface area (Å²) >= 11 is 0. The van der Waals surface area contributed by atoms with Gasteiger partial charge in [-0.15, -0.1) is 5.10 Å². The SMILES string of the molecule is C.CN1C(=O)[C@@H](NC(=O)c2n[nH]c(Cc3c(F)cc(F)cc3F)n2)COc2cc3ncoc3cc21. The van der Waals surface area contributed by atoms with Crippen molar-refractivity contribution in [2.75, 3.05) is 18.6 Å².